The zero-order valence-corrected chi connectivity index (χ0v) is 15.4. The predicted octanol–water partition coefficient (Wildman–Crippen LogP) is 3.05. The average molecular weight is 343 g/mol. The Morgan fingerprint density at radius 1 is 1.29 bits per heavy atom. The molecule has 0 saturated heterocycles. The van der Waals surface area contributed by atoms with E-state index in [9.17, 15) is 4.79 Å². The van der Waals surface area contributed by atoms with Gasteiger partial charge in [-0.1, -0.05) is 12.1 Å². The maximum absolute atomic E-state index is 12.3. The molecule has 0 saturated carbocycles. The zero-order chi connectivity index (χ0) is 17.1. The Hall–Kier alpha value is -1.85. The summed E-state index contributed by atoms with van der Waals surface area (Å²) in [6, 6.07) is 10.8. The van der Waals surface area contributed by atoms with Crippen LogP contribution >= 0.6 is 11.3 Å². The molecule has 128 valence electrons. The molecule has 0 unspecified atom stereocenters. The second kappa shape index (κ2) is 7.36. The fourth-order valence-electron chi connectivity index (χ4n) is 3.13. The molecule has 0 spiro atoms. The number of fused-ring (bicyclic) bond motifs is 1. The number of amides is 1. The number of nitrogens with zero attached hydrogens (tertiary/aromatic N) is 2. The van der Waals surface area contributed by atoms with Crippen LogP contribution in [-0.4, -0.2) is 38.0 Å². The summed E-state index contributed by atoms with van der Waals surface area (Å²) < 4.78 is 0. The molecule has 4 nitrogen and oxygen atoms in total. The summed E-state index contributed by atoms with van der Waals surface area (Å²) >= 11 is 1.83. The minimum absolute atomic E-state index is 0.0946. The quantitative estimate of drug-likeness (QED) is 0.906. The number of nitrogens with one attached hydrogen (secondary N) is 1. The highest BCUT2D eigenvalue weighted by atomic mass is 32.1. The summed E-state index contributed by atoms with van der Waals surface area (Å²) in [5.74, 6) is 0.0946. The number of carbonyl (C=O) groups excluding carboxylic acids is 1. The summed E-state index contributed by atoms with van der Waals surface area (Å²) in [6.07, 6.45) is 1.05. The molecule has 1 aliphatic rings. The van der Waals surface area contributed by atoms with E-state index in [0.717, 1.165) is 18.5 Å². The van der Waals surface area contributed by atoms with Gasteiger partial charge >= 0.3 is 0 Å². The normalized spacial score (nSPS) is 17.4. The Morgan fingerprint density at radius 2 is 2.04 bits per heavy atom. The van der Waals surface area contributed by atoms with Crippen LogP contribution in [0, 0.1) is 0 Å². The number of carbonyl (C=O) groups is 1. The third-order valence-electron chi connectivity index (χ3n) is 4.69. The summed E-state index contributed by atoms with van der Waals surface area (Å²) in [4.78, 5) is 18.1. The van der Waals surface area contributed by atoms with Crippen molar-refractivity contribution >= 4 is 22.9 Å². The van der Waals surface area contributed by atoms with Gasteiger partial charge in [-0.25, -0.2) is 0 Å². The topological polar surface area (TPSA) is 35.6 Å². The highest BCUT2D eigenvalue weighted by Gasteiger charge is 2.25. The van der Waals surface area contributed by atoms with Gasteiger partial charge in [0, 0.05) is 43.8 Å². The van der Waals surface area contributed by atoms with Crippen molar-refractivity contribution in [1.82, 2.24) is 10.2 Å². The maximum atomic E-state index is 12.3. The molecule has 3 rings (SSSR count). The second-order valence-electron chi connectivity index (χ2n) is 6.53. The van der Waals surface area contributed by atoms with Crippen LogP contribution in [0.1, 0.15) is 29.0 Å². The van der Waals surface area contributed by atoms with Crippen molar-refractivity contribution < 1.29 is 4.79 Å². The van der Waals surface area contributed by atoms with Gasteiger partial charge in [0.15, 0.2) is 0 Å². The molecule has 1 amide bonds. The van der Waals surface area contributed by atoms with E-state index < -0.39 is 0 Å². The molecule has 1 atom stereocenters. The largest absolute Gasteiger partial charge is 0.378 e. The molecule has 0 aliphatic carbocycles. The van der Waals surface area contributed by atoms with E-state index in [1.165, 1.54) is 16.1 Å². The molecular weight excluding hydrogens is 318 g/mol. The number of thiophene rings is 1. The Labute approximate surface area is 148 Å². The van der Waals surface area contributed by atoms with Gasteiger partial charge in [-0.05, 0) is 48.1 Å². The summed E-state index contributed by atoms with van der Waals surface area (Å²) in [7, 11) is 4.05. The standard InChI is InChI=1S/C19H25N3OS/c1-14-17-9-11-24-18(17)8-10-22(14)13-19(23)20-12-15-4-6-16(7-5-15)21(2)3/h4-7,9,11,14H,8,10,12-13H2,1-3H3,(H,20,23)/t14-/m0/s1. The number of anilines is 1. The molecule has 1 N–H and O–H groups in total. The first kappa shape index (κ1) is 17.0. The van der Waals surface area contributed by atoms with Gasteiger partial charge in [-0.15, -0.1) is 11.3 Å². The molecule has 2 aromatic rings. The van der Waals surface area contributed by atoms with Crippen molar-refractivity contribution in [3.63, 3.8) is 0 Å². The van der Waals surface area contributed by atoms with Crippen molar-refractivity contribution in [2.75, 3.05) is 32.1 Å². The minimum atomic E-state index is 0.0946. The number of rotatable bonds is 5. The van der Waals surface area contributed by atoms with Gasteiger partial charge in [0.2, 0.25) is 5.91 Å². The predicted molar refractivity (Wildman–Crippen MR) is 101 cm³/mol. The van der Waals surface area contributed by atoms with E-state index >= 15 is 0 Å². The van der Waals surface area contributed by atoms with Gasteiger partial charge in [0.1, 0.15) is 0 Å². The van der Waals surface area contributed by atoms with E-state index in [4.69, 9.17) is 0 Å². The fraction of sp³-hybridized carbons (Fsp3) is 0.421. The van der Waals surface area contributed by atoms with Crippen molar-refractivity contribution in [2.24, 2.45) is 0 Å². The van der Waals surface area contributed by atoms with Gasteiger partial charge in [-0.2, -0.15) is 0 Å². The van der Waals surface area contributed by atoms with Crippen molar-refractivity contribution in [1.29, 1.82) is 0 Å². The molecule has 1 aliphatic heterocycles. The van der Waals surface area contributed by atoms with Crippen LogP contribution in [0.25, 0.3) is 0 Å². The lowest BCUT2D eigenvalue weighted by Gasteiger charge is -2.32. The van der Waals surface area contributed by atoms with Crippen LogP contribution in [0.5, 0.6) is 0 Å². The van der Waals surface area contributed by atoms with Crippen LogP contribution in [0.4, 0.5) is 5.69 Å². The monoisotopic (exact) mass is 343 g/mol. The molecular formula is C19H25N3OS. The third kappa shape index (κ3) is 3.79. The molecule has 1 aromatic heterocycles. The minimum Gasteiger partial charge on any atom is -0.378 e. The van der Waals surface area contributed by atoms with Crippen molar-refractivity contribution in [2.45, 2.75) is 25.9 Å². The average Bonchev–Trinajstić information content (AvgIpc) is 3.05. The van der Waals surface area contributed by atoms with Gasteiger partial charge in [-0.3, -0.25) is 9.69 Å². The maximum Gasteiger partial charge on any atom is 0.234 e. The molecule has 5 heteroatoms. The Bertz CT molecular complexity index is 693. The van der Waals surface area contributed by atoms with E-state index in [1.807, 2.05) is 25.4 Å². The van der Waals surface area contributed by atoms with Crippen molar-refractivity contribution in [3.05, 3.63) is 51.7 Å². The first-order valence-corrected chi connectivity index (χ1v) is 9.26. The molecule has 2 heterocycles. The van der Waals surface area contributed by atoms with Gasteiger partial charge < -0.3 is 10.2 Å². The van der Waals surface area contributed by atoms with Crippen LogP contribution in [0.15, 0.2) is 35.7 Å². The highest BCUT2D eigenvalue weighted by Crippen LogP contribution is 2.32. The number of benzene rings is 1. The van der Waals surface area contributed by atoms with Gasteiger partial charge in [0.05, 0.1) is 6.54 Å². The summed E-state index contributed by atoms with van der Waals surface area (Å²) in [5.41, 5.74) is 3.68. The van der Waals surface area contributed by atoms with E-state index in [2.05, 4.69) is 57.8 Å². The highest BCUT2D eigenvalue weighted by molar-refractivity contribution is 7.10. The zero-order valence-electron chi connectivity index (χ0n) is 14.6. The molecule has 24 heavy (non-hydrogen) atoms. The van der Waals surface area contributed by atoms with Crippen LogP contribution in [0.3, 0.4) is 0 Å². The molecule has 0 bridgehead atoms. The van der Waals surface area contributed by atoms with E-state index in [0.29, 0.717) is 19.1 Å². The van der Waals surface area contributed by atoms with Crippen molar-refractivity contribution in [3.8, 4) is 0 Å². The lowest BCUT2D eigenvalue weighted by atomic mass is 10.0. The SMILES string of the molecule is C[C@H]1c2ccsc2CCN1CC(=O)NCc1ccc(N(C)C)cc1. The van der Waals surface area contributed by atoms with Crippen LogP contribution < -0.4 is 10.2 Å². The van der Waals surface area contributed by atoms with E-state index in [1.54, 1.807) is 0 Å². The second-order valence-corrected chi connectivity index (χ2v) is 7.53. The lowest BCUT2D eigenvalue weighted by Crippen LogP contribution is -2.41. The lowest BCUT2D eigenvalue weighted by molar-refractivity contribution is -0.123. The number of hydrogen-bond acceptors (Lipinski definition) is 4. The van der Waals surface area contributed by atoms with E-state index in [-0.39, 0.29) is 5.91 Å². The van der Waals surface area contributed by atoms with Crippen LogP contribution in [0.2, 0.25) is 0 Å². The number of hydrogen-bond donors (Lipinski definition) is 1. The molecule has 1 aromatic carbocycles. The summed E-state index contributed by atoms with van der Waals surface area (Å²) in [5, 5.41) is 5.20. The smallest absolute Gasteiger partial charge is 0.234 e. The summed E-state index contributed by atoms with van der Waals surface area (Å²) in [6.45, 7) is 4.20. The van der Waals surface area contributed by atoms with Gasteiger partial charge in [0.25, 0.3) is 0 Å². The fourth-order valence-corrected chi connectivity index (χ4v) is 4.09. The first-order chi connectivity index (χ1) is 11.5. The van der Waals surface area contributed by atoms with Crippen LogP contribution in [-0.2, 0) is 17.8 Å². The molecule has 0 radical (unpaired) electrons. The third-order valence-corrected chi connectivity index (χ3v) is 5.69. The molecule has 0 fully saturated rings. The first-order valence-electron chi connectivity index (χ1n) is 8.38. The Kier molecular flexibility index (Phi) is 5.21. The Balaban J connectivity index is 1.51. The Morgan fingerprint density at radius 3 is 2.75 bits per heavy atom.